The van der Waals surface area contributed by atoms with Gasteiger partial charge in [-0.1, -0.05) is 11.6 Å². The van der Waals surface area contributed by atoms with Crippen LogP contribution in [0.25, 0.3) is 0 Å². The average molecular weight is 189 g/mol. The Morgan fingerprint density at radius 2 is 2.25 bits per heavy atom. The number of hydrogen-bond donors (Lipinski definition) is 0. The van der Waals surface area contributed by atoms with E-state index in [0.717, 1.165) is 12.3 Å². The van der Waals surface area contributed by atoms with Crippen LogP contribution in [0.1, 0.15) is 17.6 Å². The van der Waals surface area contributed by atoms with Crippen molar-refractivity contribution in [2.75, 3.05) is 0 Å². The van der Waals surface area contributed by atoms with E-state index in [-0.39, 0.29) is 16.3 Å². The fourth-order valence-corrected chi connectivity index (χ4v) is 0.884. The molecule has 1 aromatic rings. The molecule has 0 spiro atoms. The van der Waals surface area contributed by atoms with Crippen LogP contribution in [-0.4, -0.2) is 4.98 Å². The Bertz CT molecular complexity index is 333. The van der Waals surface area contributed by atoms with Crippen LogP contribution >= 0.6 is 11.6 Å². The minimum absolute atomic E-state index is 0.0377. The highest BCUT2D eigenvalue weighted by Crippen LogP contribution is 2.23. The fourth-order valence-electron chi connectivity index (χ4n) is 0.718. The Kier molecular flexibility index (Phi) is 2.56. The van der Waals surface area contributed by atoms with Gasteiger partial charge in [-0.2, -0.15) is 5.26 Å². The first-order valence-electron chi connectivity index (χ1n) is 2.99. The number of alkyl halides is 2. The highest BCUT2D eigenvalue weighted by atomic mass is 35.5. The van der Waals surface area contributed by atoms with Gasteiger partial charge < -0.3 is 0 Å². The molecular formula is C7H3ClF2N2. The van der Waals surface area contributed by atoms with E-state index in [1.54, 1.807) is 6.07 Å². The first-order valence-corrected chi connectivity index (χ1v) is 3.36. The number of halogens is 3. The molecule has 12 heavy (non-hydrogen) atoms. The number of pyridine rings is 1. The van der Waals surface area contributed by atoms with Gasteiger partial charge in [0.05, 0.1) is 5.56 Å². The van der Waals surface area contributed by atoms with E-state index in [2.05, 4.69) is 4.98 Å². The summed E-state index contributed by atoms with van der Waals surface area (Å²) >= 11 is 5.36. The second kappa shape index (κ2) is 3.46. The Hall–Kier alpha value is -1.21. The maximum atomic E-state index is 12.2. The molecule has 0 amide bonds. The van der Waals surface area contributed by atoms with Gasteiger partial charge in [-0.3, -0.25) is 0 Å². The lowest BCUT2D eigenvalue weighted by Crippen LogP contribution is -1.91. The van der Waals surface area contributed by atoms with Crippen molar-refractivity contribution in [1.29, 1.82) is 5.26 Å². The molecule has 0 saturated heterocycles. The number of aromatic nitrogens is 1. The molecule has 0 fully saturated rings. The summed E-state index contributed by atoms with van der Waals surface area (Å²) in [6.07, 6.45) is -1.66. The van der Waals surface area contributed by atoms with Gasteiger partial charge in [0.25, 0.3) is 6.43 Å². The maximum absolute atomic E-state index is 12.2. The zero-order chi connectivity index (χ0) is 9.14. The molecule has 0 N–H and O–H groups in total. The van der Waals surface area contributed by atoms with Crippen molar-refractivity contribution in [2.24, 2.45) is 0 Å². The van der Waals surface area contributed by atoms with Gasteiger partial charge in [-0.15, -0.1) is 0 Å². The molecule has 1 aromatic heterocycles. The van der Waals surface area contributed by atoms with Crippen molar-refractivity contribution in [3.8, 4) is 6.07 Å². The second-order valence-corrected chi connectivity index (χ2v) is 2.39. The van der Waals surface area contributed by atoms with Crippen LogP contribution < -0.4 is 0 Å². The van der Waals surface area contributed by atoms with Crippen molar-refractivity contribution in [1.82, 2.24) is 4.98 Å². The molecule has 62 valence electrons. The molecule has 2 nitrogen and oxygen atoms in total. The highest BCUT2D eigenvalue weighted by molar-refractivity contribution is 6.29. The average Bonchev–Trinajstić information content (AvgIpc) is 2.04. The minimum Gasteiger partial charge on any atom is -0.243 e. The van der Waals surface area contributed by atoms with Gasteiger partial charge >= 0.3 is 0 Å². The zero-order valence-corrected chi connectivity index (χ0v) is 6.52. The first-order chi connectivity index (χ1) is 5.65. The van der Waals surface area contributed by atoms with Crippen LogP contribution in [-0.2, 0) is 0 Å². The van der Waals surface area contributed by atoms with Crippen LogP contribution in [0.3, 0.4) is 0 Å². The van der Waals surface area contributed by atoms with E-state index < -0.39 is 6.43 Å². The van der Waals surface area contributed by atoms with E-state index in [4.69, 9.17) is 16.9 Å². The van der Waals surface area contributed by atoms with E-state index in [0.29, 0.717) is 0 Å². The normalized spacial score (nSPS) is 9.92. The second-order valence-electron chi connectivity index (χ2n) is 2.01. The van der Waals surface area contributed by atoms with Gasteiger partial charge in [-0.25, -0.2) is 13.8 Å². The van der Waals surface area contributed by atoms with E-state index in [9.17, 15) is 8.78 Å². The molecule has 0 radical (unpaired) electrons. The number of nitrogens with zero attached hydrogens (tertiary/aromatic N) is 2. The summed E-state index contributed by atoms with van der Waals surface area (Å²) in [7, 11) is 0. The fraction of sp³-hybridized carbons (Fsp3) is 0.143. The Morgan fingerprint density at radius 1 is 1.58 bits per heavy atom. The van der Waals surface area contributed by atoms with Gasteiger partial charge in [0.1, 0.15) is 11.2 Å². The van der Waals surface area contributed by atoms with Crippen molar-refractivity contribution >= 4 is 11.6 Å². The monoisotopic (exact) mass is 188 g/mol. The van der Waals surface area contributed by atoms with Crippen LogP contribution in [0, 0.1) is 11.3 Å². The topological polar surface area (TPSA) is 36.7 Å². The lowest BCUT2D eigenvalue weighted by atomic mass is 10.2. The molecule has 0 aliphatic carbocycles. The summed E-state index contributed by atoms with van der Waals surface area (Å²) < 4.78 is 24.3. The molecule has 0 aromatic carbocycles. The molecule has 0 saturated carbocycles. The number of rotatable bonds is 1. The number of nitriles is 1. The molecule has 1 rings (SSSR count). The van der Waals surface area contributed by atoms with Gasteiger partial charge in [0, 0.05) is 11.8 Å². The molecule has 0 unspecified atom stereocenters. The van der Waals surface area contributed by atoms with Crippen molar-refractivity contribution in [2.45, 2.75) is 6.43 Å². The molecular weight excluding hydrogens is 186 g/mol. The standard InChI is InChI=1S/C7H3ClF2N2/c8-6-1-5(7(9)10)4(2-11)3-12-6/h1,3,7H. The van der Waals surface area contributed by atoms with Gasteiger partial charge in [0.15, 0.2) is 0 Å². The molecule has 0 aliphatic rings. The summed E-state index contributed by atoms with van der Waals surface area (Å²) in [5.41, 5.74) is -0.521. The van der Waals surface area contributed by atoms with Crippen LogP contribution in [0.15, 0.2) is 12.3 Å². The molecule has 0 atom stereocenters. The quantitative estimate of drug-likeness (QED) is 0.635. The first kappa shape index (κ1) is 8.88. The van der Waals surface area contributed by atoms with Crippen molar-refractivity contribution in [3.05, 3.63) is 28.5 Å². The summed E-state index contributed by atoms with van der Waals surface area (Å²) in [6.45, 7) is 0. The smallest absolute Gasteiger partial charge is 0.243 e. The van der Waals surface area contributed by atoms with Crippen LogP contribution in [0.5, 0.6) is 0 Å². The van der Waals surface area contributed by atoms with E-state index in [1.165, 1.54) is 0 Å². The minimum atomic E-state index is -2.69. The van der Waals surface area contributed by atoms with E-state index >= 15 is 0 Å². The SMILES string of the molecule is N#Cc1cnc(Cl)cc1C(F)F. The van der Waals surface area contributed by atoms with Crippen molar-refractivity contribution < 1.29 is 8.78 Å². The lowest BCUT2D eigenvalue weighted by molar-refractivity contribution is 0.151. The Morgan fingerprint density at radius 3 is 2.75 bits per heavy atom. The summed E-state index contributed by atoms with van der Waals surface area (Å²) in [4.78, 5) is 3.50. The van der Waals surface area contributed by atoms with E-state index in [1.807, 2.05) is 0 Å². The summed E-state index contributed by atoms with van der Waals surface area (Å²) in [5, 5.41) is 8.35. The van der Waals surface area contributed by atoms with Crippen molar-refractivity contribution in [3.63, 3.8) is 0 Å². The van der Waals surface area contributed by atoms with Gasteiger partial charge in [-0.05, 0) is 6.07 Å². The molecule has 5 heteroatoms. The Labute approximate surface area is 72.4 Å². The largest absolute Gasteiger partial charge is 0.265 e. The third-order valence-electron chi connectivity index (χ3n) is 1.26. The summed E-state index contributed by atoms with van der Waals surface area (Å²) in [6, 6.07) is 2.59. The molecule has 1 heterocycles. The molecule has 0 bridgehead atoms. The molecule has 0 aliphatic heterocycles. The third-order valence-corrected chi connectivity index (χ3v) is 1.46. The summed E-state index contributed by atoms with van der Waals surface area (Å²) in [5.74, 6) is 0. The maximum Gasteiger partial charge on any atom is 0.265 e. The predicted octanol–water partition coefficient (Wildman–Crippen LogP) is 2.54. The van der Waals surface area contributed by atoms with Crippen LogP contribution in [0.4, 0.5) is 8.78 Å². The Balaban J connectivity index is 3.24. The zero-order valence-electron chi connectivity index (χ0n) is 5.76. The predicted molar refractivity (Wildman–Crippen MR) is 38.9 cm³/mol. The lowest BCUT2D eigenvalue weighted by Gasteiger charge is -2.00. The highest BCUT2D eigenvalue weighted by Gasteiger charge is 2.13. The third kappa shape index (κ3) is 1.69. The number of hydrogen-bond acceptors (Lipinski definition) is 2. The van der Waals surface area contributed by atoms with Gasteiger partial charge in [0.2, 0.25) is 0 Å². The van der Waals surface area contributed by atoms with Crippen LogP contribution in [0.2, 0.25) is 5.15 Å².